The van der Waals surface area contributed by atoms with Gasteiger partial charge >= 0.3 is 5.97 Å². The highest BCUT2D eigenvalue weighted by Crippen LogP contribution is 2.50. The molecule has 3 aliphatic rings. The van der Waals surface area contributed by atoms with Crippen LogP contribution in [0.4, 0.5) is 0 Å². The van der Waals surface area contributed by atoms with Crippen molar-refractivity contribution in [3.63, 3.8) is 0 Å². The largest absolute Gasteiger partial charge is 0.480 e. The van der Waals surface area contributed by atoms with Gasteiger partial charge in [0, 0.05) is 42.2 Å². The van der Waals surface area contributed by atoms with Crippen LogP contribution in [0.15, 0.2) is 47.3 Å². The van der Waals surface area contributed by atoms with Crippen LogP contribution in [-0.2, 0) is 16.1 Å². The molecule has 2 fully saturated rings. The number of nitrogens with zero attached hydrogens (tertiary/aromatic N) is 2. The number of aromatic nitrogens is 1. The van der Waals surface area contributed by atoms with Gasteiger partial charge in [0.2, 0.25) is 5.91 Å². The number of rotatable bonds is 5. The van der Waals surface area contributed by atoms with Crippen molar-refractivity contribution in [1.82, 2.24) is 9.47 Å². The zero-order chi connectivity index (χ0) is 23.1. The highest BCUT2D eigenvalue weighted by Gasteiger charge is 2.58. The van der Waals surface area contributed by atoms with Gasteiger partial charge in [-0.25, -0.2) is 4.79 Å². The highest BCUT2D eigenvalue weighted by atomic mass is 16.4. The number of carboxylic acids is 1. The normalized spacial score (nSPS) is 26.6. The molecule has 0 spiro atoms. The molecule has 0 unspecified atom stereocenters. The van der Waals surface area contributed by atoms with Gasteiger partial charge in [-0.15, -0.1) is 0 Å². The Balaban J connectivity index is 1.53. The van der Waals surface area contributed by atoms with Crippen LogP contribution in [0, 0.1) is 17.8 Å². The molecule has 1 aromatic carbocycles. The van der Waals surface area contributed by atoms with Gasteiger partial charge in [0.1, 0.15) is 6.04 Å². The first-order valence-corrected chi connectivity index (χ1v) is 11.6. The van der Waals surface area contributed by atoms with Crippen molar-refractivity contribution in [3.05, 3.63) is 69.6 Å². The Kier molecular flexibility index (Phi) is 5.66. The Labute approximate surface area is 192 Å². The van der Waals surface area contributed by atoms with Crippen LogP contribution in [-0.4, -0.2) is 44.2 Å². The van der Waals surface area contributed by atoms with Crippen molar-refractivity contribution in [2.24, 2.45) is 17.8 Å². The summed E-state index contributed by atoms with van der Waals surface area (Å²) in [6, 6.07) is 11.7. The molecule has 0 radical (unpaired) electrons. The number of amides is 1. The van der Waals surface area contributed by atoms with Crippen molar-refractivity contribution in [1.29, 1.82) is 0 Å². The molecule has 7 nitrogen and oxygen atoms in total. The van der Waals surface area contributed by atoms with Crippen LogP contribution in [0.2, 0.25) is 0 Å². The number of likely N-dealkylation sites (tertiary alicyclic amines) is 1. The molecule has 2 aliphatic heterocycles. The molecule has 33 heavy (non-hydrogen) atoms. The Morgan fingerprint density at radius 2 is 1.76 bits per heavy atom. The lowest BCUT2D eigenvalue weighted by Gasteiger charge is -2.31. The maximum atomic E-state index is 13.5. The minimum absolute atomic E-state index is 0.153. The van der Waals surface area contributed by atoms with Crippen LogP contribution in [0.5, 0.6) is 0 Å². The van der Waals surface area contributed by atoms with Gasteiger partial charge in [0.05, 0.1) is 6.04 Å². The molecule has 1 amide bonds. The lowest BCUT2D eigenvalue weighted by Crippen LogP contribution is -2.47. The second-order valence-electron chi connectivity index (χ2n) is 9.34. The molecule has 2 aromatic rings. The molecule has 4 atom stereocenters. The van der Waals surface area contributed by atoms with Gasteiger partial charge in [-0.1, -0.05) is 49.2 Å². The lowest BCUT2D eigenvalue weighted by molar-refractivity contribution is -0.153. The lowest BCUT2D eigenvalue weighted by atomic mass is 9.88. The number of benzene rings is 1. The van der Waals surface area contributed by atoms with E-state index in [-0.39, 0.29) is 29.9 Å². The van der Waals surface area contributed by atoms with Crippen molar-refractivity contribution in [2.75, 3.05) is 6.61 Å². The van der Waals surface area contributed by atoms with Crippen LogP contribution in [0.1, 0.15) is 48.5 Å². The number of hydrogen-bond donors (Lipinski definition) is 2. The summed E-state index contributed by atoms with van der Waals surface area (Å²) in [4.78, 5) is 40.4. The van der Waals surface area contributed by atoms with Crippen molar-refractivity contribution < 1.29 is 19.8 Å². The zero-order valence-electron chi connectivity index (χ0n) is 18.3. The van der Waals surface area contributed by atoms with Crippen LogP contribution < -0.4 is 5.56 Å². The summed E-state index contributed by atoms with van der Waals surface area (Å²) >= 11 is 0. The third-order valence-electron chi connectivity index (χ3n) is 7.57. The van der Waals surface area contributed by atoms with Crippen molar-refractivity contribution >= 4 is 24.0 Å². The van der Waals surface area contributed by atoms with Gasteiger partial charge in [-0.3, -0.25) is 9.59 Å². The molecule has 3 heterocycles. The summed E-state index contributed by atoms with van der Waals surface area (Å²) in [5, 5.41) is 20.1. The molecule has 1 aromatic heterocycles. The summed E-state index contributed by atoms with van der Waals surface area (Å²) in [6.07, 6.45) is 7.12. The number of fused-ring (bicyclic) bond motifs is 3. The Morgan fingerprint density at radius 3 is 2.42 bits per heavy atom. The number of aliphatic hydroxyl groups is 1. The maximum Gasteiger partial charge on any atom is 0.326 e. The molecule has 7 heteroatoms. The van der Waals surface area contributed by atoms with E-state index in [0.717, 1.165) is 31.2 Å². The maximum absolute atomic E-state index is 13.5. The van der Waals surface area contributed by atoms with Gasteiger partial charge in [0.25, 0.3) is 5.56 Å². The molecule has 2 N–H and O–H groups in total. The van der Waals surface area contributed by atoms with E-state index in [1.807, 2.05) is 42.5 Å². The first kappa shape index (κ1) is 21.6. The van der Waals surface area contributed by atoms with Gasteiger partial charge < -0.3 is 19.7 Å². The smallest absolute Gasteiger partial charge is 0.326 e. The molecule has 1 saturated carbocycles. The van der Waals surface area contributed by atoms with Crippen molar-refractivity contribution in [3.8, 4) is 0 Å². The molecule has 1 aliphatic carbocycles. The van der Waals surface area contributed by atoms with E-state index in [4.69, 9.17) is 0 Å². The predicted molar refractivity (Wildman–Crippen MR) is 123 cm³/mol. The minimum Gasteiger partial charge on any atom is -0.480 e. The summed E-state index contributed by atoms with van der Waals surface area (Å²) in [6.45, 7) is -0.0363. The monoisotopic (exact) mass is 448 g/mol. The highest BCUT2D eigenvalue weighted by molar-refractivity contribution is 5.87. The number of carbonyl (C=O) groups excluding carboxylic acids is 1. The van der Waals surface area contributed by atoms with E-state index in [1.54, 1.807) is 16.7 Å². The fraction of sp³-hybridized carbons (Fsp3) is 0.423. The van der Waals surface area contributed by atoms with E-state index < -0.39 is 24.0 Å². The summed E-state index contributed by atoms with van der Waals surface area (Å²) in [5.74, 6) is -2.34. The van der Waals surface area contributed by atoms with E-state index in [0.29, 0.717) is 17.8 Å². The second kappa shape index (κ2) is 8.63. The first-order chi connectivity index (χ1) is 16.0. The van der Waals surface area contributed by atoms with Gasteiger partial charge in [-0.05, 0) is 36.6 Å². The first-order valence-electron chi connectivity index (χ1n) is 11.6. The zero-order valence-corrected chi connectivity index (χ0v) is 18.3. The third kappa shape index (κ3) is 3.60. The van der Waals surface area contributed by atoms with Gasteiger partial charge in [-0.2, -0.15) is 0 Å². The Morgan fingerprint density at radius 1 is 1.03 bits per heavy atom. The number of hydrogen-bond acceptors (Lipinski definition) is 4. The Bertz CT molecular complexity index is 1150. The Hall–Kier alpha value is -3.19. The summed E-state index contributed by atoms with van der Waals surface area (Å²) in [5.41, 5.74) is 2.02. The summed E-state index contributed by atoms with van der Waals surface area (Å²) in [7, 11) is 0. The van der Waals surface area contributed by atoms with E-state index in [2.05, 4.69) is 0 Å². The molecular formula is C26H28N2O5. The minimum atomic E-state index is -1.09. The average Bonchev–Trinajstić information content (AvgIpc) is 3.54. The average molecular weight is 449 g/mol. The molecule has 172 valence electrons. The number of carboxylic acid groups (broad SMARTS) is 1. The summed E-state index contributed by atoms with van der Waals surface area (Å²) < 4.78 is 1.66. The number of aliphatic carboxylic acids is 1. The fourth-order valence-electron chi connectivity index (χ4n) is 5.99. The molecule has 0 bridgehead atoms. The fourth-order valence-corrected chi connectivity index (χ4v) is 5.99. The van der Waals surface area contributed by atoms with E-state index in [9.17, 15) is 24.6 Å². The van der Waals surface area contributed by atoms with Crippen molar-refractivity contribution in [2.45, 2.75) is 44.3 Å². The molecule has 1 saturated heterocycles. The topological polar surface area (TPSA) is 99.8 Å². The number of carbonyl (C=O) groups is 2. The second-order valence-corrected chi connectivity index (χ2v) is 9.34. The molecule has 5 rings (SSSR count). The van der Waals surface area contributed by atoms with Crippen LogP contribution >= 0.6 is 0 Å². The number of pyridine rings is 1. The SMILES string of the molecule is O=C(O)[C@H]1[C@H](CO)[C@H]2Cn3c(ccc(/C=C/c4ccccc4)c3=O)[C@H]2N1C(=O)C1CCCC1. The third-order valence-corrected chi connectivity index (χ3v) is 7.57. The quantitative estimate of drug-likeness (QED) is 0.733. The van der Waals surface area contributed by atoms with Crippen LogP contribution in [0.3, 0.4) is 0 Å². The standard InChI is InChI=1S/C26H28N2O5/c29-15-20-19-14-27-21(13-12-18(24(27)30)11-10-16-6-2-1-3-7-16)22(19)28(23(20)26(32)33)25(31)17-8-4-5-9-17/h1-3,6-7,10-13,17,19-20,22-23,29H,4-5,8-9,14-15H2,(H,32,33)/b11-10+/t19-,20-,22+,23-/m1/s1. The van der Waals surface area contributed by atoms with Gasteiger partial charge in [0.15, 0.2) is 0 Å². The molecular weight excluding hydrogens is 420 g/mol. The van der Waals surface area contributed by atoms with Crippen LogP contribution in [0.25, 0.3) is 12.2 Å². The van der Waals surface area contributed by atoms with E-state index in [1.165, 1.54) is 4.90 Å². The number of aliphatic hydroxyl groups excluding tert-OH is 1. The van der Waals surface area contributed by atoms with E-state index >= 15 is 0 Å². The predicted octanol–water partition coefficient (Wildman–Crippen LogP) is 2.78.